The SMILES string of the molecule is C[C@]1(C(=O)O)CC[C@]2(C(=O)O)CC[C@]3(C)C(=CC[C@@H]4[C@]5(C)CC[C@H](O)[C@@](C)(CO)[C@H]5CC[C@@]43C)[C@@H]2C1. The summed E-state index contributed by atoms with van der Waals surface area (Å²) in [5.41, 5.74) is -1.29. The fourth-order valence-corrected chi connectivity index (χ4v) is 10.7. The van der Waals surface area contributed by atoms with E-state index < -0.39 is 34.3 Å². The maximum atomic E-state index is 12.8. The number of hydrogen-bond acceptors (Lipinski definition) is 4. The molecule has 0 aromatic carbocycles. The summed E-state index contributed by atoms with van der Waals surface area (Å²) in [7, 11) is 0. The molecule has 4 N–H and O–H groups in total. The van der Waals surface area contributed by atoms with Crippen LogP contribution in [0.1, 0.15) is 98.8 Å². The molecule has 36 heavy (non-hydrogen) atoms. The molecule has 5 aliphatic rings. The highest BCUT2D eigenvalue weighted by molar-refractivity contribution is 5.79. The van der Waals surface area contributed by atoms with Gasteiger partial charge in [-0.3, -0.25) is 9.59 Å². The number of aliphatic hydroxyl groups excluding tert-OH is 2. The summed E-state index contributed by atoms with van der Waals surface area (Å²) in [5.74, 6) is -1.20. The Morgan fingerprint density at radius 1 is 0.889 bits per heavy atom. The Labute approximate surface area is 215 Å². The van der Waals surface area contributed by atoms with E-state index in [2.05, 4.69) is 33.8 Å². The lowest BCUT2D eigenvalue weighted by Crippen LogP contribution is -2.66. The van der Waals surface area contributed by atoms with E-state index in [0.717, 1.165) is 32.1 Å². The zero-order valence-corrected chi connectivity index (χ0v) is 22.8. The second-order valence-electron chi connectivity index (χ2n) is 14.6. The highest BCUT2D eigenvalue weighted by atomic mass is 16.4. The first-order valence-corrected chi connectivity index (χ1v) is 14.1. The summed E-state index contributed by atoms with van der Waals surface area (Å²) in [6, 6.07) is 0. The highest BCUT2D eigenvalue weighted by Crippen LogP contribution is 2.75. The zero-order chi connectivity index (χ0) is 26.5. The molecule has 0 aromatic heterocycles. The number of carboxylic acids is 2. The zero-order valence-electron chi connectivity index (χ0n) is 22.8. The van der Waals surface area contributed by atoms with Crippen molar-refractivity contribution in [2.24, 2.45) is 50.2 Å². The van der Waals surface area contributed by atoms with Gasteiger partial charge >= 0.3 is 11.9 Å². The number of carboxylic acid groups (broad SMARTS) is 2. The van der Waals surface area contributed by atoms with Gasteiger partial charge in [0.25, 0.3) is 0 Å². The molecule has 4 fully saturated rings. The number of carbonyl (C=O) groups is 2. The molecule has 0 spiro atoms. The molecule has 6 heteroatoms. The molecule has 10 atom stereocenters. The summed E-state index contributed by atoms with van der Waals surface area (Å²) >= 11 is 0. The van der Waals surface area contributed by atoms with Crippen LogP contribution in [0, 0.1) is 50.2 Å². The molecule has 5 rings (SSSR count). The predicted octanol–water partition coefficient (Wildman–Crippen LogP) is 5.27. The van der Waals surface area contributed by atoms with E-state index >= 15 is 0 Å². The average Bonchev–Trinajstić information content (AvgIpc) is 2.82. The van der Waals surface area contributed by atoms with Crippen LogP contribution >= 0.6 is 0 Å². The lowest BCUT2D eigenvalue weighted by Gasteiger charge is -2.71. The van der Waals surface area contributed by atoms with Crippen LogP contribution in [0.25, 0.3) is 0 Å². The molecule has 202 valence electrons. The van der Waals surface area contributed by atoms with Crippen LogP contribution in [0.3, 0.4) is 0 Å². The molecule has 0 unspecified atom stereocenters. The van der Waals surface area contributed by atoms with Crippen molar-refractivity contribution in [3.8, 4) is 0 Å². The molecule has 0 amide bonds. The van der Waals surface area contributed by atoms with Crippen molar-refractivity contribution in [1.29, 1.82) is 0 Å². The molecule has 0 saturated heterocycles. The third-order valence-electron chi connectivity index (χ3n) is 13.5. The molecule has 0 aromatic rings. The van der Waals surface area contributed by atoms with Gasteiger partial charge in [-0.2, -0.15) is 0 Å². The topological polar surface area (TPSA) is 115 Å². The van der Waals surface area contributed by atoms with Crippen LogP contribution in [0.15, 0.2) is 11.6 Å². The molecule has 6 nitrogen and oxygen atoms in total. The normalized spacial score (nSPS) is 54.2. The maximum absolute atomic E-state index is 12.8. The Hall–Kier alpha value is -1.40. The van der Waals surface area contributed by atoms with E-state index in [4.69, 9.17) is 0 Å². The van der Waals surface area contributed by atoms with E-state index in [1.54, 1.807) is 6.92 Å². The Morgan fingerprint density at radius 2 is 1.56 bits per heavy atom. The Kier molecular flexibility index (Phi) is 5.69. The summed E-state index contributed by atoms with van der Waals surface area (Å²) in [4.78, 5) is 25.0. The third-order valence-corrected chi connectivity index (χ3v) is 13.5. The Morgan fingerprint density at radius 3 is 2.17 bits per heavy atom. The van der Waals surface area contributed by atoms with Crippen LogP contribution in [-0.4, -0.2) is 45.1 Å². The number of aliphatic carboxylic acids is 2. The molecule has 0 heterocycles. The van der Waals surface area contributed by atoms with Gasteiger partial charge in [0.2, 0.25) is 0 Å². The number of allylic oxidation sites excluding steroid dienone is 2. The fraction of sp³-hybridized carbons (Fsp3) is 0.867. The molecule has 5 aliphatic carbocycles. The summed E-state index contributed by atoms with van der Waals surface area (Å²) in [6.07, 6.45) is 8.93. The molecule has 0 bridgehead atoms. The van der Waals surface area contributed by atoms with Crippen molar-refractivity contribution in [2.45, 2.75) is 105 Å². The van der Waals surface area contributed by atoms with E-state index in [1.807, 2.05) is 0 Å². The van der Waals surface area contributed by atoms with Crippen LogP contribution in [0.2, 0.25) is 0 Å². The van der Waals surface area contributed by atoms with Gasteiger partial charge in [-0.05, 0) is 105 Å². The smallest absolute Gasteiger partial charge is 0.310 e. The van der Waals surface area contributed by atoms with Gasteiger partial charge in [-0.25, -0.2) is 0 Å². The number of fused-ring (bicyclic) bond motifs is 7. The van der Waals surface area contributed by atoms with Crippen molar-refractivity contribution >= 4 is 11.9 Å². The quantitative estimate of drug-likeness (QED) is 0.391. The maximum Gasteiger partial charge on any atom is 0.310 e. The minimum absolute atomic E-state index is 0.00675. The van der Waals surface area contributed by atoms with Gasteiger partial charge in [0.15, 0.2) is 0 Å². The Bertz CT molecular complexity index is 1010. The number of hydrogen-bond donors (Lipinski definition) is 4. The van der Waals surface area contributed by atoms with Crippen molar-refractivity contribution in [2.75, 3.05) is 6.61 Å². The van der Waals surface area contributed by atoms with Crippen LogP contribution in [0.5, 0.6) is 0 Å². The van der Waals surface area contributed by atoms with Gasteiger partial charge in [0, 0.05) is 5.41 Å². The molecule has 4 saturated carbocycles. The van der Waals surface area contributed by atoms with Crippen molar-refractivity contribution in [3.05, 3.63) is 11.6 Å². The largest absolute Gasteiger partial charge is 0.481 e. The highest BCUT2D eigenvalue weighted by Gasteiger charge is 2.70. The molecular weight excluding hydrogens is 456 g/mol. The number of aliphatic hydroxyl groups is 2. The Balaban J connectivity index is 1.60. The first-order chi connectivity index (χ1) is 16.6. The number of rotatable bonds is 3. The van der Waals surface area contributed by atoms with Crippen LogP contribution < -0.4 is 0 Å². The minimum atomic E-state index is -0.896. The van der Waals surface area contributed by atoms with Gasteiger partial charge < -0.3 is 20.4 Å². The standard InChI is InChI=1S/C30H46O6/c1-25(23(33)34)12-14-30(24(35)36)15-13-28(4)18(19(30)16-25)6-7-21-26(2)10-9-22(32)27(3,17-31)20(26)8-11-29(21,28)5/h6,19-22,31-32H,7-17H2,1-5H3,(H,33,34)(H,35,36)/t19-,20-,21+,22-,25-,26+,27-,28+,29-,30-/m0/s1. The van der Waals surface area contributed by atoms with Crippen molar-refractivity contribution in [1.82, 2.24) is 0 Å². The van der Waals surface area contributed by atoms with Gasteiger partial charge in [0.1, 0.15) is 0 Å². The fourth-order valence-electron chi connectivity index (χ4n) is 10.7. The van der Waals surface area contributed by atoms with Crippen molar-refractivity contribution < 1.29 is 30.0 Å². The first kappa shape index (κ1) is 26.2. The van der Waals surface area contributed by atoms with Gasteiger partial charge in [-0.1, -0.05) is 39.3 Å². The predicted molar refractivity (Wildman–Crippen MR) is 136 cm³/mol. The van der Waals surface area contributed by atoms with Crippen molar-refractivity contribution in [3.63, 3.8) is 0 Å². The average molecular weight is 503 g/mol. The lowest BCUT2D eigenvalue weighted by atomic mass is 9.33. The summed E-state index contributed by atoms with van der Waals surface area (Å²) in [5, 5.41) is 41.9. The summed E-state index contributed by atoms with van der Waals surface area (Å²) in [6.45, 7) is 11.0. The monoisotopic (exact) mass is 502 g/mol. The van der Waals surface area contributed by atoms with E-state index in [0.29, 0.717) is 38.0 Å². The van der Waals surface area contributed by atoms with Gasteiger partial charge in [-0.15, -0.1) is 0 Å². The molecule has 0 radical (unpaired) electrons. The summed E-state index contributed by atoms with van der Waals surface area (Å²) < 4.78 is 0. The molecular formula is C30H46O6. The van der Waals surface area contributed by atoms with E-state index in [9.17, 15) is 30.0 Å². The second-order valence-corrected chi connectivity index (χ2v) is 14.6. The van der Waals surface area contributed by atoms with Gasteiger partial charge in [0.05, 0.1) is 23.5 Å². The molecule has 0 aliphatic heterocycles. The first-order valence-electron chi connectivity index (χ1n) is 14.1. The lowest BCUT2D eigenvalue weighted by molar-refractivity contribution is -0.217. The van der Waals surface area contributed by atoms with E-state index in [-0.39, 0.29) is 34.7 Å². The van der Waals surface area contributed by atoms with E-state index in [1.165, 1.54) is 5.57 Å². The van der Waals surface area contributed by atoms with Crippen LogP contribution in [-0.2, 0) is 9.59 Å². The second kappa shape index (κ2) is 7.81. The third kappa shape index (κ3) is 2.98. The minimum Gasteiger partial charge on any atom is -0.481 e. The van der Waals surface area contributed by atoms with Crippen LogP contribution in [0.4, 0.5) is 0 Å².